The van der Waals surface area contributed by atoms with Gasteiger partial charge in [0.2, 0.25) is 10.0 Å². The summed E-state index contributed by atoms with van der Waals surface area (Å²) < 4.78 is 41.7. The summed E-state index contributed by atoms with van der Waals surface area (Å²) in [5.41, 5.74) is 1.45. The number of nitrogens with one attached hydrogen (secondary N) is 1. The van der Waals surface area contributed by atoms with Crippen molar-refractivity contribution in [3.63, 3.8) is 0 Å². The summed E-state index contributed by atoms with van der Waals surface area (Å²) in [5, 5.41) is 1.35. The molecule has 0 aromatic heterocycles. The molecule has 0 bridgehead atoms. The molecule has 0 fully saturated rings. The van der Waals surface area contributed by atoms with Gasteiger partial charge in [-0.15, -0.1) is 4.83 Å². The van der Waals surface area contributed by atoms with Crippen LogP contribution >= 0.6 is 0 Å². The van der Waals surface area contributed by atoms with Gasteiger partial charge in [0.25, 0.3) is 0 Å². The molecule has 0 radical (unpaired) electrons. The molecule has 7 nitrogen and oxygen atoms in total. The molecule has 1 N–H and O–H groups in total. The zero-order valence-electron chi connectivity index (χ0n) is 15.3. The molecule has 1 atom stereocenters. The van der Waals surface area contributed by atoms with Crippen LogP contribution in [0.25, 0.3) is 0 Å². The van der Waals surface area contributed by atoms with E-state index in [9.17, 15) is 17.6 Å². The lowest BCUT2D eigenvalue weighted by Crippen LogP contribution is -2.50. The number of ether oxygens (including phenoxy) is 1. The van der Waals surface area contributed by atoms with E-state index in [1.54, 1.807) is 6.92 Å². The largest absolute Gasteiger partial charge is 0.465 e. The summed E-state index contributed by atoms with van der Waals surface area (Å²) >= 11 is 0. The number of sulfonamides is 1. The van der Waals surface area contributed by atoms with E-state index in [1.807, 2.05) is 13.8 Å². The molecule has 0 saturated carbocycles. The average molecular weight is 383 g/mol. The molecular weight excluding hydrogens is 361 g/mol. The Labute approximate surface area is 152 Å². The van der Waals surface area contributed by atoms with Crippen LogP contribution in [0.5, 0.6) is 0 Å². The third-order valence-corrected chi connectivity index (χ3v) is 4.29. The summed E-state index contributed by atoms with van der Waals surface area (Å²) in [7, 11) is -2.36. The van der Waals surface area contributed by atoms with Gasteiger partial charge in [-0.1, -0.05) is 13.8 Å². The molecule has 9 heteroatoms. The van der Waals surface area contributed by atoms with Gasteiger partial charge in [-0.2, -0.15) is 0 Å². The quantitative estimate of drug-likeness (QED) is 0.784. The predicted molar refractivity (Wildman–Crippen MR) is 96.1 cm³/mol. The van der Waals surface area contributed by atoms with E-state index in [4.69, 9.17) is 4.74 Å². The molecule has 0 aliphatic carbocycles. The third-order valence-electron chi connectivity index (χ3n) is 3.76. The standard InChI is InChI=1S/C17H22FN3O4S/c1-10(2)16-14(17(22)25-4)15(12-6-8-13(18)9-7-12)19-11(3)21(16)20-26(5,23)24/h6-11,20H,1-5H3. The number of allylic oxidation sites excluding steroid dienone is 1. The van der Waals surface area contributed by atoms with Crippen LogP contribution in [0.4, 0.5) is 4.39 Å². The Morgan fingerprint density at radius 3 is 2.35 bits per heavy atom. The van der Waals surface area contributed by atoms with E-state index >= 15 is 0 Å². The summed E-state index contributed by atoms with van der Waals surface area (Å²) in [6.07, 6.45) is 0.407. The number of hydrazine groups is 1. The van der Waals surface area contributed by atoms with Crippen molar-refractivity contribution in [2.45, 2.75) is 26.9 Å². The molecule has 2 rings (SSSR count). The summed E-state index contributed by atoms with van der Waals surface area (Å²) in [5.74, 6) is -1.28. The van der Waals surface area contributed by atoms with Crippen LogP contribution in [-0.2, 0) is 19.6 Å². The lowest BCUT2D eigenvalue weighted by molar-refractivity contribution is -0.135. The van der Waals surface area contributed by atoms with Gasteiger partial charge in [0, 0.05) is 5.56 Å². The molecule has 0 spiro atoms. The molecular formula is C17H22FN3O4S. The van der Waals surface area contributed by atoms with Crippen LogP contribution in [-0.4, -0.2) is 44.6 Å². The summed E-state index contributed by atoms with van der Waals surface area (Å²) in [6, 6.07) is 5.57. The molecule has 1 aromatic rings. The number of benzene rings is 1. The number of methoxy groups -OCH3 is 1. The molecule has 26 heavy (non-hydrogen) atoms. The highest BCUT2D eigenvalue weighted by Gasteiger charge is 2.35. The van der Waals surface area contributed by atoms with Crippen molar-refractivity contribution in [1.82, 2.24) is 9.84 Å². The second-order valence-electron chi connectivity index (χ2n) is 6.26. The van der Waals surface area contributed by atoms with E-state index in [0.717, 1.165) is 6.26 Å². The van der Waals surface area contributed by atoms with Crippen LogP contribution in [0.2, 0.25) is 0 Å². The first kappa shape index (κ1) is 20.1. The van der Waals surface area contributed by atoms with Gasteiger partial charge in [0.15, 0.2) is 0 Å². The molecule has 1 unspecified atom stereocenters. The zero-order chi connectivity index (χ0) is 19.6. The minimum absolute atomic E-state index is 0.142. The smallest absolute Gasteiger partial charge is 0.341 e. The molecule has 1 aliphatic rings. The number of esters is 1. The van der Waals surface area contributed by atoms with Gasteiger partial charge in [-0.3, -0.25) is 10.0 Å². The number of rotatable bonds is 5. The van der Waals surface area contributed by atoms with Crippen LogP contribution in [0, 0.1) is 11.7 Å². The Hall–Kier alpha value is -2.26. The van der Waals surface area contributed by atoms with E-state index in [1.165, 1.54) is 36.4 Å². The second kappa shape index (κ2) is 7.55. The first-order valence-electron chi connectivity index (χ1n) is 7.98. The topological polar surface area (TPSA) is 88.1 Å². The molecule has 142 valence electrons. The fourth-order valence-corrected chi connectivity index (χ4v) is 3.36. The van der Waals surface area contributed by atoms with Crippen LogP contribution in [0.3, 0.4) is 0 Å². The zero-order valence-corrected chi connectivity index (χ0v) is 16.1. The first-order valence-corrected chi connectivity index (χ1v) is 9.87. The number of hydrogen-bond donors (Lipinski definition) is 1. The van der Waals surface area contributed by atoms with Crippen molar-refractivity contribution in [2.75, 3.05) is 13.4 Å². The van der Waals surface area contributed by atoms with Crippen molar-refractivity contribution in [1.29, 1.82) is 0 Å². The van der Waals surface area contributed by atoms with Gasteiger partial charge in [-0.05, 0) is 37.1 Å². The first-order chi connectivity index (χ1) is 12.0. The van der Waals surface area contributed by atoms with E-state index in [0.29, 0.717) is 17.0 Å². The van der Waals surface area contributed by atoms with Crippen LogP contribution in [0.1, 0.15) is 26.3 Å². The molecule has 1 aliphatic heterocycles. The van der Waals surface area contributed by atoms with Crippen LogP contribution in [0.15, 0.2) is 40.5 Å². The maximum Gasteiger partial charge on any atom is 0.341 e. The van der Waals surface area contributed by atoms with Crippen LogP contribution < -0.4 is 4.83 Å². The van der Waals surface area contributed by atoms with Crippen molar-refractivity contribution in [3.8, 4) is 0 Å². The van der Waals surface area contributed by atoms with Crippen molar-refractivity contribution >= 4 is 21.7 Å². The Balaban J connectivity index is 2.71. The fourth-order valence-electron chi connectivity index (χ4n) is 2.75. The minimum Gasteiger partial charge on any atom is -0.465 e. The Morgan fingerprint density at radius 2 is 1.88 bits per heavy atom. The summed E-state index contributed by atoms with van der Waals surface area (Å²) in [4.78, 5) is 19.4. The fraction of sp³-hybridized carbons (Fsp3) is 0.412. The van der Waals surface area contributed by atoms with Gasteiger partial charge < -0.3 is 4.74 Å². The normalized spacial score (nSPS) is 18.2. The average Bonchev–Trinajstić information content (AvgIpc) is 2.54. The van der Waals surface area contributed by atoms with Gasteiger partial charge >= 0.3 is 5.97 Å². The highest BCUT2D eigenvalue weighted by atomic mass is 32.2. The maximum atomic E-state index is 13.3. The van der Waals surface area contributed by atoms with Crippen molar-refractivity contribution < 1.29 is 22.3 Å². The Morgan fingerprint density at radius 1 is 1.31 bits per heavy atom. The van der Waals surface area contributed by atoms with E-state index in [-0.39, 0.29) is 11.5 Å². The number of carbonyl (C=O) groups excluding carboxylic acids is 1. The predicted octanol–water partition coefficient (Wildman–Crippen LogP) is 1.82. The number of nitrogens with zero attached hydrogens (tertiary/aromatic N) is 2. The maximum absolute atomic E-state index is 13.3. The SMILES string of the molecule is COC(=O)C1=C(C(C)C)N(NS(C)(=O)=O)C(C)N=C1c1ccc(F)cc1. The minimum atomic E-state index is -3.60. The van der Waals surface area contributed by atoms with E-state index < -0.39 is 28.0 Å². The third kappa shape index (κ3) is 4.28. The highest BCUT2D eigenvalue weighted by Crippen LogP contribution is 2.30. The molecule has 1 aromatic carbocycles. The number of halogens is 1. The summed E-state index contributed by atoms with van der Waals surface area (Å²) in [6.45, 7) is 5.35. The van der Waals surface area contributed by atoms with Gasteiger partial charge in [0.05, 0.1) is 24.8 Å². The number of carbonyl (C=O) groups is 1. The lowest BCUT2D eigenvalue weighted by atomic mass is 9.93. The number of hydrogen-bond acceptors (Lipinski definition) is 6. The molecule has 1 heterocycles. The Kier molecular flexibility index (Phi) is 5.82. The lowest BCUT2D eigenvalue weighted by Gasteiger charge is -2.37. The van der Waals surface area contributed by atoms with Crippen molar-refractivity contribution in [2.24, 2.45) is 10.9 Å². The molecule has 0 saturated heterocycles. The Bertz CT molecular complexity index is 860. The van der Waals surface area contributed by atoms with Gasteiger partial charge in [-0.25, -0.2) is 17.6 Å². The monoisotopic (exact) mass is 383 g/mol. The number of aliphatic imine (C=N–C) groups is 1. The second-order valence-corrected chi connectivity index (χ2v) is 7.98. The highest BCUT2D eigenvalue weighted by molar-refractivity contribution is 7.88. The van der Waals surface area contributed by atoms with Crippen molar-refractivity contribution in [3.05, 3.63) is 46.9 Å². The van der Waals surface area contributed by atoms with Gasteiger partial charge in [0.1, 0.15) is 17.6 Å². The van der Waals surface area contributed by atoms with E-state index in [2.05, 4.69) is 9.82 Å². The molecule has 0 amide bonds.